The Bertz CT molecular complexity index is 161. The largest absolute Gasteiger partial charge is 0.481 e. The van der Waals surface area contributed by atoms with Crippen LogP contribution in [0.3, 0.4) is 0 Å². The monoisotopic (exact) mass is 222 g/mol. The van der Waals surface area contributed by atoms with Crippen LogP contribution in [0.5, 0.6) is 0 Å². The number of hydrogen-bond acceptors (Lipinski definition) is 2. The first kappa shape index (κ1) is 13.7. The molecule has 0 aromatic rings. The van der Waals surface area contributed by atoms with Gasteiger partial charge in [0.2, 0.25) is 0 Å². The molecule has 0 radical (unpaired) electrons. The maximum Gasteiger partial charge on any atom is 0.306 e. The topological polar surface area (TPSA) is 57.5 Å². The Kier molecular flexibility index (Phi) is 7.90. The zero-order valence-electron chi connectivity index (χ0n) is 8.58. The fourth-order valence-electron chi connectivity index (χ4n) is 1.37. The molecular weight excluding hydrogens is 204 g/mol. The van der Waals surface area contributed by atoms with E-state index in [9.17, 15) is 9.90 Å². The highest BCUT2D eigenvalue weighted by Gasteiger charge is 2.14. The van der Waals surface area contributed by atoms with Gasteiger partial charge in [-0.15, -0.1) is 11.6 Å². The number of carbonyl (C=O) groups is 1. The molecule has 14 heavy (non-hydrogen) atoms. The van der Waals surface area contributed by atoms with E-state index in [1.54, 1.807) is 0 Å². The predicted molar refractivity (Wildman–Crippen MR) is 56.6 cm³/mol. The van der Waals surface area contributed by atoms with Gasteiger partial charge in [-0.2, -0.15) is 0 Å². The molecule has 0 amide bonds. The van der Waals surface area contributed by atoms with Gasteiger partial charge in [0.25, 0.3) is 0 Å². The second-order valence-corrected chi connectivity index (χ2v) is 3.88. The van der Waals surface area contributed by atoms with E-state index in [0.717, 1.165) is 6.42 Å². The van der Waals surface area contributed by atoms with Gasteiger partial charge in [-0.1, -0.05) is 13.3 Å². The van der Waals surface area contributed by atoms with Crippen molar-refractivity contribution in [3.63, 3.8) is 0 Å². The highest BCUT2D eigenvalue weighted by Crippen LogP contribution is 2.14. The first-order valence-electron chi connectivity index (χ1n) is 5.08. The van der Waals surface area contributed by atoms with Crippen molar-refractivity contribution in [2.24, 2.45) is 5.92 Å². The van der Waals surface area contributed by atoms with Gasteiger partial charge in [0.05, 0.1) is 12.0 Å². The van der Waals surface area contributed by atoms with Gasteiger partial charge in [-0.25, -0.2) is 0 Å². The second-order valence-electron chi connectivity index (χ2n) is 3.51. The maximum absolute atomic E-state index is 10.6. The molecule has 2 atom stereocenters. The fourth-order valence-corrected chi connectivity index (χ4v) is 1.62. The number of carboxylic acid groups (broad SMARTS) is 1. The Morgan fingerprint density at radius 2 is 2.00 bits per heavy atom. The highest BCUT2D eigenvalue weighted by atomic mass is 35.5. The van der Waals surface area contributed by atoms with Gasteiger partial charge in [-0.3, -0.25) is 4.79 Å². The van der Waals surface area contributed by atoms with E-state index in [1.807, 2.05) is 6.92 Å². The van der Waals surface area contributed by atoms with Crippen LogP contribution in [0.25, 0.3) is 0 Å². The number of alkyl halides is 1. The van der Waals surface area contributed by atoms with Crippen molar-refractivity contribution in [1.29, 1.82) is 0 Å². The Labute approximate surface area is 90.1 Å². The summed E-state index contributed by atoms with van der Waals surface area (Å²) in [6, 6.07) is 0. The van der Waals surface area contributed by atoms with Crippen LogP contribution in [0, 0.1) is 5.92 Å². The van der Waals surface area contributed by atoms with Crippen LogP contribution in [-0.4, -0.2) is 28.2 Å². The molecule has 2 unspecified atom stereocenters. The molecule has 0 aliphatic rings. The summed E-state index contributed by atoms with van der Waals surface area (Å²) in [6.07, 6.45) is 2.91. The van der Waals surface area contributed by atoms with Gasteiger partial charge in [0, 0.05) is 5.88 Å². The van der Waals surface area contributed by atoms with Gasteiger partial charge < -0.3 is 10.2 Å². The molecule has 0 rings (SSSR count). The molecule has 0 saturated heterocycles. The number of aliphatic hydroxyl groups is 1. The van der Waals surface area contributed by atoms with Crippen molar-refractivity contribution in [3.05, 3.63) is 0 Å². The van der Waals surface area contributed by atoms with Crippen molar-refractivity contribution in [2.45, 2.75) is 45.1 Å². The summed E-state index contributed by atoms with van der Waals surface area (Å²) in [4.78, 5) is 10.6. The maximum atomic E-state index is 10.6. The molecular formula is C10H19ClO3. The van der Waals surface area contributed by atoms with Crippen LogP contribution in [-0.2, 0) is 4.79 Å². The van der Waals surface area contributed by atoms with Crippen LogP contribution in [0.2, 0.25) is 0 Å². The standard InChI is InChI=1S/C10H19ClO3/c1-2-8(10(13)14)4-3-5-9(12)6-7-11/h8-9,12H,2-7H2,1H3,(H,13,14). The molecule has 0 aliphatic carbocycles. The van der Waals surface area contributed by atoms with Crippen molar-refractivity contribution >= 4 is 17.6 Å². The average Bonchev–Trinajstić information content (AvgIpc) is 2.12. The summed E-state index contributed by atoms with van der Waals surface area (Å²) >= 11 is 5.46. The molecule has 0 bridgehead atoms. The average molecular weight is 223 g/mol. The lowest BCUT2D eigenvalue weighted by atomic mass is 9.98. The Morgan fingerprint density at radius 1 is 1.36 bits per heavy atom. The van der Waals surface area contributed by atoms with Gasteiger partial charge in [0.1, 0.15) is 0 Å². The van der Waals surface area contributed by atoms with E-state index in [-0.39, 0.29) is 12.0 Å². The van der Waals surface area contributed by atoms with Crippen molar-refractivity contribution in [2.75, 3.05) is 5.88 Å². The number of aliphatic hydroxyl groups excluding tert-OH is 1. The van der Waals surface area contributed by atoms with Crippen LogP contribution in [0.4, 0.5) is 0 Å². The summed E-state index contributed by atoms with van der Waals surface area (Å²) in [5.74, 6) is -0.547. The number of carboxylic acids is 1. The summed E-state index contributed by atoms with van der Waals surface area (Å²) in [5.41, 5.74) is 0. The van der Waals surface area contributed by atoms with Crippen molar-refractivity contribution in [1.82, 2.24) is 0 Å². The van der Waals surface area contributed by atoms with Crippen molar-refractivity contribution in [3.8, 4) is 0 Å². The quantitative estimate of drug-likeness (QED) is 0.620. The zero-order chi connectivity index (χ0) is 11.0. The molecule has 0 saturated carbocycles. The van der Waals surface area contributed by atoms with E-state index in [4.69, 9.17) is 16.7 Å². The number of rotatable bonds is 8. The van der Waals surface area contributed by atoms with E-state index < -0.39 is 5.97 Å². The molecule has 4 heteroatoms. The Balaban J connectivity index is 3.55. The zero-order valence-corrected chi connectivity index (χ0v) is 9.33. The van der Waals surface area contributed by atoms with E-state index in [2.05, 4.69) is 0 Å². The summed E-state index contributed by atoms with van der Waals surface area (Å²) in [6.45, 7) is 1.87. The Hall–Kier alpha value is -0.280. The van der Waals surface area contributed by atoms with Crippen LogP contribution < -0.4 is 0 Å². The second kappa shape index (κ2) is 8.06. The van der Waals surface area contributed by atoms with Crippen molar-refractivity contribution < 1.29 is 15.0 Å². The molecule has 0 aromatic carbocycles. The number of halogens is 1. The number of hydrogen-bond donors (Lipinski definition) is 2. The third kappa shape index (κ3) is 6.22. The molecule has 0 spiro atoms. The molecule has 0 heterocycles. The molecule has 0 aliphatic heterocycles. The summed E-state index contributed by atoms with van der Waals surface area (Å²) < 4.78 is 0. The molecule has 2 N–H and O–H groups in total. The lowest BCUT2D eigenvalue weighted by molar-refractivity contribution is -0.142. The molecule has 0 fully saturated rings. The highest BCUT2D eigenvalue weighted by molar-refractivity contribution is 6.17. The van der Waals surface area contributed by atoms with Gasteiger partial charge >= 0.3 is 5.97 Å². The summed E-state index contributed by atoms with van der Waals surface area (Å²) in [5, 5.41) is 18.1. The van der Waals surface area contributed by atoms with E-state index >= 15 is 0 Å². The SMILES string of the molecule is CCC(CCCC(O)CCCl)C(=O)O. The third-order valence-electron chi connectivity index (χ3n) is 2.37. The Morgan fingerprint density at radius 3 is 2.43 bits per heavy atom. The van der Waals surface area contributed by atoms with Gasteiger partial charge in [-0.05, 0) is 25.7 Å². The minimum atomic E-state index is -0.737. The smallest absolute Gasteiger partial charge is 0.306 e. The lowest BCUT2D eigenvalue weighted by Crippen LogP contribution is -2.14. The van der Waals surface area contributed by atoms with E-state index in [0.29, 0.717) is 31.6 Å². The minimum absolute atomic E-state index is 0.266. The number of aliphatic carboxylic acids is 1. The van der Waals surface area contributed by atoms with E-state index in [1.165, 1.54) is 0 Å². The molecule has 84 valence electrons. The van der Waals surface area contributed by atoms with Crippen LogP contribution in [0.1, 0.15) is 39.0 Å². The van der Waals surface area contributed by atoms with Crippen LogP contribution in [0.15, 0.2) is 0 Å². The fraction of sp³-hybridized carbons (Fsp3) is 0.900. The third-order valence-corrected chi connectivity index (χ3v) is 2.59. The van der Waals surface area contributed by atoms with Gasteiger partial charge in [0.15, 0.2) is 0 Å². The lowest BCUT2D eigenvalue weighted by Gasteiger charge is -2.11. The molecule has 0 aromatic heterocycles. The first-order valence-corrected chi connectivity index (χ1v) is 5.62. The predicted octanol–water partition coefficient (Wildman–Crippen LogP) is 2.26. The normalized spacial score (nSPS) is 15.1. The minimum Gasteiger partial charge on any atom is -0.481 e. The molecule has 3 nitrogen and oxygen atoms in total. The summed E-state index contributed by atoms with van der Waals surface area (Å²) in [7, 11) is 0. The first-order chi connectivity index (χ1) is 6.61. The van der Waals surface area contributed by atoms with Crippen LogP contribution >= 0.6 is 11.6 Å².